The minimum absolute atomic E-state index is 0.00823. The van der Waals surface area contributed by atoms with Crippen molar-refractivity contribution in [2.24, 2.45) is 0 Å². The van der Waals surface area contributed by atoms with Crippen LogP contribution in [0.4, 0.5) is 10.1 Å². The summed E-state index contributed by atoms with van der Waals surface area (Å²) in [4.78, 5) is 0.218. The third-order valence-electron chi connectivity index (χ3n) is 5.22. The van der Waals surface area contributed by atoms with Gasteiger partial charge in [-0.3, -0.25) is 0 Å². The molecule has 0 saturated carbocycles. The maximum atomic E-state index is 13.5. The molecule has 2 heterocycles. The van der Waals surface area contributed by atoms with E-state index >= 15 is 0 Å². The first-order valence-electron chi connectivity index (χ1n) is 8.59. The minimum atomic E-state index is -3.72. The highest BCUT2D eigenvalue weighted by molar-refractivity contribution is 7.91. The summed E-state index contributed by atoms with van der Waals surface area (Å²) in [7, 11) is -3.72. The zero-order valence-corrected chi connectivity index (χ0v) is 14.8. The van der Waals surface area contributed by atoms with Crippen molar-refractivity contribution in [2.75, 3.05) is 11.9 Å². The molecular weight excluding hydrogens is 339 g/mol. The average molecular weight is 360 g/mol. The van der Waals surface area contributed by atoms with E-state index in [1.165, 1.54) is 18.2 Å². The van der Waals surface area contributed by atoms with Crippen molar-refractivity contribution < 1.29 is 12.8 Å². The lowest BCUT2D eigenvalue weighted by Gasteiger charge is -2.18. The fourth-order valence-electron chi connectivity index (χ4n) is 3.96. The van der Waals surface area contributed by atoms with E-state index in [0.29, 0.717) is 18.0 Å². The number of fused-ring (bicyclic) bond motifs is 3. The highest BCUT2D eigenvalue weighted by Crippen LogP contribution is 2.42. The van der Waals surface area contributed by atoms with Crippen LogP contribution in [-0.2, 0) is 9.84 Å². The normalized spacial score (nSPS) is 25.6. The highest BCUT2D eigenvalue weighted by Gasteiger charge is 2.35. The van der Waals surface area contributed by atoms with Gasteiger partial charge in [-0.1, -0.05) is 6.07 Å². The first-order chi connectivity index (χ1) is 11.9. The number of halogens is 1. The Morgan fingerprint density at radius 3 is 2.72 bits per heavy atom. The topological polar surface area (TPSA) is 58.2 Å². The summed E-state index contributed by atoms with van der Waals surface area (Å²) in [5, 5.41) is 7.02. The van der Waals surface area contributed by atoms with Gasteiger partial charge in [-0.25, -0.2) is 12.8 Å². The van der Waals surface area contributed by atoms with Crippen molar-refractivity contribution in [3.8, 4) is 0 Å². The Labute approximate surface area is 147 Å². The smallest absolute Gasteiger partial charge is 0.206 e. The van der Waals surface area contributed by atoms with E-state index in [1.807, 2.05) is 6.07 Å². The van der Waals surface area contributed by atoms with E-state index in [9.17, 15) is 12.8 Å². The molecule has 6 heteroatoms. The van der Waals surface area contributed by atoms with E-state index in [1.54, 1.807) is 12.1 Å². The van der Waals surface area contributed by atoms with Gasteiger partial charge in [-0.05, 0) is 68.3 Å². The van der Waals surface area contributed by atoms with Gasteiger partial charge < -0.3 is 10.6 Å². The second-order valence-electron chi connectivity index (χ2n) is 6.95. The molecule has 0 radical (unpaired) electrons. The fourth-order valence-corrected chi connectivity index (χ4v) is 5.29. The van der Waals surface area contributed by atoms with Crippen molar-refractivity contribution in [3.63, 3.8) is 0 Å². The summed E-state index contributed by atoms with van der Waals surface area (Å²) < 4.78 is 39.2. The van der Waals surface area contributed by atoms with Crippen LogP contribution in [-0.4, -0.2) is 27.0 Å². The largest absolute Gasteiger partial charge is 0.381 e. The average Bonchev–Trinajstić information content (AvgIpc) is 2.80. The van der Waals surface area contributed by atoms with Crippen molar-refractivity contribution in [2.45, 2.75) is 47.6 Å². The van der Waals surface area contributed by atoms with Crippen LogP contribution >= 0.6 is 0 Å². The van der Waals surface area contributed by atoms with Gasteiger partial charge in [0.25, 0.3) is 0 Å². The summed E-state index contributed by atoms with van der Waals surface area (Å²) >= 11 is 0. The summed E-state index contributed by atoms with van der Waals surface area (Å²) in [6, 6.07) is 11.2. The Hall–Kier alpha value is -1.92. The zero-order chi connectivity index (χ0) is 17.6. The molecule has 4 rings (SSSR count). The quantitative estimate of drug-likeness (QED) is 0.863. The predicted molar refractivity (Wildman–Crippen MR) is 95.1 cm³/mol. The van der Waals surface area contributed by atoms with Crippen molar-refractivity contribution in [1.82, 2.24) is 5.32 Å². The monoisotopic (exact) mass is 360 g/mol. The number of rotatable bonds is 2. The molecule has 1 unspecified atom stereocenters. The van der Waals surface area contributed by atoms with Gasteiger partial charge in [0.05, 0.1) is 9.79 Å². The van der Waals surface area contributed by atoms with Gasteiger partial charge >= 0.3 is 0 Å². The molecule has 0 aromatic heterocycles. The lowest BCUT2D eigenvalue weighted by molar-refractivity contribution is 0.521. The molecule has 0 aliphatic carbocycles. The number of sulfone groups is 1. The van der Waals surface area contributed by atoms with Crippen LogP contribution < -0.4 is 10.6 Å². The number of hydrogen-bond donors (Lipinski definition) is 2. The first-order valence-corrected chi connectivity index (χ1v) is 10.1. The van der Waals surface area contributed by atoms with Gasteiger partial charge in [0, 0.05) is 23.7 Å². The van der Waals surface area contributed by atoms with Gasteiger partial charge in [0.2, 0.25) is 9.84 Å². The van der Waals surface area contributed by atoms with Crippen molar-refractivity contribution in [1.29, 1.82) is 0 Å². The van der Waals surface area contributed by atoms with Gasteiger partial charge in [0.15, 0.2) is 0 Å². The van der Waals surface area contributed by atoms with Crippen LogP contribution in [0.15, 0.2) is 52.3 Å². The molecule has 3 atom stereocenters. The lowest BCUT2D eigenvalue weighted by atomic mass is 9.90. The molecule has 1 saturated heterocycles. The zero-order valence-electron chi connectivity index (χ0n) is 14.0. The third-order valence-corrected chi connectivity index (χ3v) is 6.97. The molecule has 2 aliphatic rings. The molecule has 2 N–H and O–H groups in total. The summed E-state index contributed by atoms with van der Waals surface area (Å²) in [5.74, 6) is -0.247. The van der Waals surface area contributed by atoms with E-state index in [-0.39, 0.29) is 9.79 Å². The summed E-state index contributed by atoms with van der Waals surface area (Å²) in [6.07, 6.45) is 1.98. The minimum Gasteiger partial charge on any atom is -0.381 e. The third kappa shape index (κ3) is 2.93. The van der Waals surface area contributed by atoms with Crippen LogP contribution in [0.25, 0.3) is 0 Å². The first kappa shape index (κ1) is 16.5. The molecule has 2 aliphatic heterocycles. The molecule has 1 fully saturated rings. The SMILES string of the molecule is CC1C[C@H]2Nc3ccc(S(=O)(=O)c4cccc(F)c4)cc3[C@@H]2CCN1. The van der Waals surface area contributed by atoms with Crippen molar-refractivity contribution >= 4 is 15.5 Å². The van der Waals surface area contributed by atoms with Crippen LogP contribution in [0.3, 0.4) is 0 Å². The number of anilines is 1. The molecule has 0 bridgehead atoms. The Morgan fingerprint density at radius 2 is 1.92 bits per heavy atom. The second-order valence-corrected chi connectivity index (χ2v) is 8.90. The van der Waals surface area contributed by atoms with E-state index in [2.05, 4.69) is 17.6 Å². The molecule has 4 nitrogen and oxygen atoms in total. The number of benzene rings is 2. The molecule has 25 heavy (non-hydrogen) atoms. The maximum Gasteiger partial charge on any atom is 0.206 e. The van der Waals surface area contributed by atoms with E-state index in [4.69, 9.17) is 0 Å². The molecule has 2 aromatic carbocycles. The molecule has 0 spiro atoms. The Kier molecular flexibility index (Phi) is 4.04. The highest BCUT2D eigenvalue weighted by atomic mass is 32.2. The van der Waals surface area contributed by atoms with Gasteiger partial charge in [-0.2, -0.15) is 0 Å². The van der Waals surface area contributed by atoms with Crippen LogP contribution in [0.1, 0.15) is 31.2 Å². The van der Waals surface area contributed by atoms with Crippen LogP contribution in [0, 0.1) is 5.82 Å². The molecular formula is C19H21FN2O2S. The molecule has 0 amide bonds. The van der Waals surface area contributed by atoms with Gasteiger partial charge in [-0.15, -0.1) is 0 Å². The maximum absolute atomic E-state index is 13.5. The van der Waals surface area contributed by atoms with Crippen LogP contribution in [0.2, 0.25) is 0 Å². The second kappa shape index (κ2) is 6.11. The van der Waals surface area contributed by atoms with Crippen molar-refractivity contribution in [3.05, 3.63) is 53.8 Å². The Morgan fingerprint density at radius 1 is 1.12 bits per heavy atom. The van der Waals surface area contributed by atoms with E-state index in [0.717, 1.165) is 36.7 Å². The van der Waals surface area contributed by atoms with E-state index < -0.39 is 15.7 Å². The lowest BCUT2D eigenvalue weighted by Crippen LogP contribution is -2.28. The molecule has 2 aromatic rings. The standard InChI is InChI=1S/C19H21FN2O2S/c1-12-9-19-16(7-8-21-12)17-11-15(5-6-18(17)22-19)25(23,24)14-4-2-3-13(20)10-14/h2-6,10-12,16,19,21-22H,7-9H2,1H3/t12?,16-,19+/m0/s1. The van der Waals surface area contributed by atoms with Gasteiger partial charge in [0.1, 0.15) is 5.82 Å². The number of hydrogen-bond acceptors (Lipinski definition) is 4. The predicted octanol–water partition coefficient (Wildman–Crippen LogP) is 3.31. The van der Waals surface area contributed by atoms with Crippen LogP contribution in [0.5, 0.6) is 0 Å². The summed E-state index contributed by atoms with van der Waals surface area (Å²) in [6.45, 7) is 3.09. The fraction of sp³-hybridized carbons (Fsp3) is 0.368. The molecule has 132 valence electrons. The summed E-state index contributed by atoms with van der Waals surface area (Å²) in [5.41, 5.74) is 2.07. The Bertz CT molecular complexity index is 913. The Balaban J connectivity index is 1.73. The number of nitrogens with one attached hydrogen (secondary N) is 2.